The maximum absolute atomic E-state index is 12.2. The molecule has 1 aromatic carbocycles. The van der Waals surface area contributed by atoms with Gasteiger partial charge in [0.05, 0.1) is 19.4 Å². The number of furan rings is 1. The molecule has 3 rings (SSSR count). The van der Waals surface area contributed by atoms with Gasteiger partial charge in [-0.25, -0.2) is 0 Å². The topological polar surface area (TPSA) is 48.7 Å². The van der Waals surface area contributed by atoms with Crippen molar-refractivity contribution >= 4 is 27.5 Å². The summed E-state index contributed by atoms with van der Waals surface area (Å²) in [6.07, 6.45) is 1.71. The van der Waals surface area contributed by atoms with Gasteiger partial charge in [-0.2, -0.15) is 0 Å². The first-order valence-corrected chi connectivity index (χ1v) is 8.92. The van der Waals surface area contributed by atoms with E-state index in [2.05, 4.69) is 31.0 Å². The standard InChI is InChI=1S/C18H22BrN3O2/c1-14-4-5-15(11-17(14)19)20-18(23)13-22-8-6-21(7-9-22)12-16-3-2-10-24-16/h2-5,10-11H,6-9,12-13H2,1H3,(H,20,23). The third-order valence-corrected chi connectivity index (χ3v) is 5.10. The summed E-state index contributed by atoms with van der Waals surface area (Å²) in [5.74, 6) is 1.02. The van der Waals surface area contributed by atoms with Gasteiger partial charge in [-0.3, -0.25) is 14.6 Å². The van der Waals surface area contributed by atoms with Crippen LogP contribution in [-0.4, -0.2) is 48.4 Å². The van der Waals surface area contributed by atoms with Gasteiger partial charge in [-0.05, 0) is 36.8 Å². The van der Waals surface area contributed by atoms with Crippen molar-refractivity contribution in [2.75, 3.05) is 38.0 Å². The number of nitrogens with zero attached hydrogens (tertiary/aromatic N) is 2. The Labute approximate surface area is 150 Å². The van der Waals surface area contributed by atoms with Crippen molar-refractivity contribution < 1.29 is 9.21 Å². The van der Waals surface area contributed by atoms with Crippen LogP contribution in [0.1, 0.15) is 11.3 Å². The number of aryl methyl sites for hydroxylation is 1. The molecule has 1 aliphatic rings. The Balaban J connectivity index is 1.43. The van der Waals surface area contributed by atoms with Gasteiger partial charge in [-0.1, -0.05) is 22.0 Å². The molecule has 0 atom stereocenters. The van der Waals surface area contributed by atoms with Gasteiger partial charge in [-0.15, -0.1) is 0 Å². The van der Waals surface area contributed by atoms with E-state index in [-0.39, 0.29) is 5.91 Å². The van der Waals surface area contributed by atoms with Crippen LogP contribution in [0.15, 0.2) is 45.5 Å². The largest absolute Gasteiger partial charge is 0.468 e. The highest BCUT2D eigenvalue weighted by Gasteiger charge is 2.19. The van der Waals surface area contributed by atoms with Gasteiger partial charge in [0.1, 0.15) is 5.76 Å². The molecule has 1 aliphatic heterocycles. The van der Waals surface area contributed by atoms with Gasteiger partial charge < -0.3 is 9.73 Å². The van der Waals surface area contributed by atoms with Crippen molar-refractivity contribution in [3.05, 3.63) is 52.4 Å². The zero-order valence-corrected chi connectivity index (χ0v) is 15.4. The predicted molar refractivity (Wildman–Crippen MR) is 97.9 cm³/mol. The first-order chi connectivity index (χ1) is 11.6. The van der Waals surface area contributed by atoms with Gasteiger partial charge >= 0.3 is 0 Å². The van der Waals surface area contributed by atoms with Crippen LogP contribution in [-0.2, 0) is 11.3 Å². The average molecular weight is 392 g/mol. The van der Waals surface area contributed by atoms with Gasteiger partial charge in [0.2, 0.25) is 5.91 Å². The monoisotopic (exact) mass is 391 g/mol. The second kappa shape index (κ2) is 7.96. The minimum atomic E-state index is 0.0326. The molecule has 0 radical (unpaired) electrons. The second-order valence-electron chi connectivity index (χ2n) is 6.14. The van der Waals surface area contributed by atoms with E-state index in [0.29, 0.717) is 6.54 Å². The average Bonchev–Trinajstić information content (AvgIpc) is 3.06. The number of anilines is 1. The molecule has 6 heteroatoms. The van der Waals surface area contributed by atoms with Gasteiger partial charge in [0, 0.05) is 36.3 Å². The highest BCUT2D eigenvalue weighted by molar-refractivity contribution is 9.10. The molecule has 1 fully saturated rings. The number of amides is 1. The third kappa shape index (κ3) is 4.69. The number of hydrogen-bond donors (Lipinski definition) is 1. The molecule has 0 aliphatic carbocycles. The molecule has 0 bridgehead atoms. The fraction of sp³-hybridized carbons (Fsp3) is 0.389. The molecule has 1 amide bonds. The van der Waals surface area contributed by atoms with Crippen LogP contribution >= 0.6 is 15.9 Å². The van der Waals surface area contributed by atoms with Crippen molar-refractivity contribution in [1.29, 1.82) is 0 Å². The van der Waals surface area contributed by atoms with Crippen molar-refractivity contribution in [3.63, 3.8) is 0 Å². The highest BCUT2D eigenvalue weighted by Crippen LogP contribution is 2.20. The van der Waals surface area contributed by atoms with E-state index < -0.39 is 0 Å². The summed E-state index contributed by atoms with van der Waals surface area (Å²) in [5.41, 5.74) is 1.98. The molecular formula is C18H22BrN3O2. The number of hydrogen-bond acceptors (Lipinski definition) is 4. The van der Waals surface area contributed by atoms with Crippen molar-refractivity contribution in [1.82, 2.24) is 9.80 Å². The van der Waals surface area contributed by atoms with E-state index in [0.717, 1.165) is 54.2 Å². The van der Waals surface area contributed by atoms with Crippen LogP contribution in [0, 0.1) is 6.92 Å². The van der Waals surface area contributed by atoms with Crippen LogP contribution < -0.4 is 5.32 Å². The fourth-order valence-electron chi connectivity index (χ4n) is 2.80. The van der Waals surface area contributed by atoms with E-state index in [9.17, 15) is 4.79 Å². The van der Waals surface area contributed by atoms with Crippen molar-refractivity contribution in [2.45, 2.75) is 13.5 Å². The van der Waals surface area contributed by atoms with Gasteiger partial charge in [0.15, 0.2) is 0 Å². The predicted octanol–water partition coefficient (Wildman–Crippen LogP) is 3.11. The van der Waals surface area contributed by atoms with E-state index in [1.165, 1.54) is 0 Å². The molecule has 0 unspecified atom stereocenters. The molecule has 128 valence electrons. The molecule has 0 saturated carbocycles. The number of piperazine rings is 1. The Morgan fingerprint density at radius 2 is 1.96 bits per heavy atom. The van der Waals surface area contributed by atoms with Gasteiger partial charge in [0.25, 0.3) is 0 Å². The summed E-state index contributed by atoms with van der Waals surface area (Å²) in [5, 5.41) is 2.97. The fourth-order valence-corrected chi connectivity index (χ4v) is 3.18. The summed E-state index contributed by atoms with van der Waals surface area (Å²) in [7, 11) is 0. The summed E-state index contributed by atoms with van der Waals surface area (Å²) >= 11 is 3.49. The minimum Gasteiger partial charge on any atom is -0.468 e. The lowest BCUT2D eigenvalue weighted by molar-refractivity contribution is -0.117. The van der Waals surface area contributed by atoms with Crippen LogP contribution in [0.4, 0.5) is 5.69 Å². The van der Waals surface area contributed by atoms with E-state index in [1.54, 1.807) is 6.26 Å². The number of carbonyl (C=O) groups is 1. The lowest BCUT2D eigenvalue weighted by Crippen LogP contribution is -2.48. The quantitative estimate of drug-likeness (QED) is 0.850. The number of benzene rings is 1. The molecule has 5 nitrogen and oxygen atoms in total. The van der Waals surface area contributed by atoms with Crippen molar-refractivity contribution in [2.24, 2.45) is 0 Å². The lowest BCUT2D eigenvalue weighted by atomic mass is 10.2. The Kier molecular flexibility index (Phi) is 5.71. The zero-order chi connectivity index (χ0) is 16.9. The summed E-state index contributed by atoms with van der Waals surface area (Å²) in [4.78, 5) is 16.8. The first kappa shape index (κ1) is 17.2. The van der Waals surface area contributed by atoms with Crippen LogP contribution in [0.25, 0.3) is 0 Å². The Morgan fingerprint density at radius 1 is 1.21 bits per heavy atom. The molecule has 2 heterocycles. The number of carbonyl (C=O) groups excluding carboxylic acids is 1. The molecule has 24 heavy (non-hydrogen) atoms. The lowest BCUT2D eigenvalue weighted by Gasteiger charge is -2.33. The Bertz CT molecular complexity index is 680. The maximum atomic E-state index is 12.2. The molecule has 2 aromatic rings. The second-order valence-corrected chi connectivity index (χ2v) is 7.00. The summed E-state index contributed by atoms with van der Waals surface area (Å²) < 4.78 is 6.40. The van der Waals surface area contributed by atoms with Crippen molar-refractivity contribution in [3.8, 4) is 0 Å². The van der Waals surface area contributed by atoms with Crippen LogP contribution in [0.2, 0.25) is 0 Å². The number of halogens is 1. The highest BCUT2D eigenvalue weighted by atomic mass is 79.9. The summed E-state index contributed by atoms with van der Waals surface area (Å²) in [6, 6.07) is 9.78. The van der Waals surface area contributed by atoms with E-state index in [1.807, 2.05) is 37.3 Å². The first-order valence-electron chi connectivity index (χ1n) is 8.13. The van der Waals surface area contributed by atoms with Crippen LogP contribution in [0.3, 0.4) is 0 Å². The molecule has 1 N–H and O–H groups in total. The Morgan fingerprint density at radius 3 is 2.62 bits per heavy atom. The molecule has 1 saturated heterocycles. The Hall–Kier alpha value is -1.63. The summed E-state index contributed by atoms with van der Waals surface area (Å²) in [6.45, 7) is 6.98. The number of nitrogens with one attached hydrogen (secondary N) is 1. The SMILES string of the molecule is Cc1ccc(NC(=O)CN2CCN(Cc3ccco3)CC2)cc1Br. The van der Waals surface area contributed by atoms with Crippen LogP contribution in [0.5, 0.6) is 0 Å². The normalized spacial score (nSPS) is 16.2. The van der Waals surface area contributed by atoms with E-state index in [4.69, 9.17) is 4.42 Å². The smallest absolute Gasteiger partial charge is 0.238 e. The van der Waals surface area contributed by atoms with E-state index >= 15 is 0 Å². The zero-order valence-electron chi connectivity index (χ0n) is 13.8. The minimum absolute atomic E-state index is 0.0326. The maximum Gasteiger partial charge on any atom is 0.238 e. The third-order valence-electron chi connectivity index (χ3n) is 4.25. The molecule has 0 spiro atoms. The molecule has 1 aromatic heterocycles. The number of rotatable bonds is 5. The molecular weight excluding hydrogens is 370 g/mol.